The standard InChI is InChI=1S/C24H21NO2S3/c1-24(2,3)25-17-11-20(14-5-7-15(27-4)8-6-14)29-22(17)23-18(25)12-21(30-23)19-10-9-16(13-26)28-19/h5-13H,1-4H3. The fourth-order valence-electron chi connectivity index (χ4n) is 3.84. The van der Waals surface area contributed by atoms with Crippen LogP contribution in [0.25, 0.3) is 40.6 Å². The fourth-order valence-corrected chi connectivity index (χ4v) is 7.18. The maximum absolute atomic E-state index is 11.1. The second-order valence-electron chi connectivity index (χ2n) is 8.20. The van der Waals surface area contributed by atoms with Crippen LogP contribution in [0.5, 0.6) is 5.75 Å². The zero-order chi connectivity index (χ0) is 21.0. The molecular formula is C24H21NO2S3. The number of nitrogens with zero attached hydrogens (tertiary/aromatic N) is 1. The van der Waals surface area contributed by atoms with E-state index in [4.69, 9.17) is 4.74 Å². The molecule has 152 valence electrons. The molecule has 4 aromatic heterocycles. The van der Waals surface area contributed by atoms with E-state index < -0.39 is 0 Å². The Balaban J connectivity index is 1.72. The first-order valence-electron chi connectivity index (χ1n) is 9.67. The third kappa shape index (κ3) is 3.11. The van der Waals surface area contributed by atoms with E-state index in [0.717, 1.165) is 21.8 Å². The molecule has 0 aliphatic heterocycles. The van der Waals surface area contributed by atoms with Crippen molar-refractivity contribution in [1.29, 1.82) is 0 Å². The average Bonchev–Trinajstić information content (AvgIpc) is 3.47. The highest BCUT2D eigenvalue weighted by atomic mass is 32.1. The number of carbonyl (C=O) groups excluding carboxylic acids is 1. The molecule has 3 nitrogen and oxygen atoms in total. The molecule has 0 atom stereocenters. The molecule has 30 heavy (non-hydrogen) atoms. The summed E-state index contributed by atoms with van der Waals surface area (Å²) in [6.07, 6.45) is 0.926. The molecule has 0 N–H and O–H groups in total. The first kappa shape index (κ1) is 19.5. The number of rotatable bonds is 4. The zero-order valence-corrected chi connectivity index (χ0v) is 19.6. The van der Waals surface area contributed by atoms with Crippen LogP contribution in [0.2, 0.25) is 0 Å². The normalized spacial score (nSPS) is 12.1. The van der Waals surface area contributed by atoms with Gasteiger partial charge < -0.3 is 9.30 Å². The lowest BCUT2D eigenvalue weighted by Crippen LogP contribution is -2.20. The van der Waals surface area contributed by atoms with Gasteiger partial charge in [0.25, 0.3) is 0 Å². The van der Waals surface area contributed by atoms with Gasteiger partial charge in [-0.2, -0.15) is 0 Å². The first-order chi connectivity index (χ1) is 14.4. The van der Waals surface area contributed by atoms with Gasteiger partial charge in [0.2, 0.25) is 0 Å². The lowest BCUT2D eigenvalue weighted by atomic mass is 10.1. The topological polar surface area (TPSA) is 31.2 Å². The Labute approximate surface area is 187 Å². The molecule has 0 amide bonds. The Bertz CT molecular complexity index is 1370. The van der Waals surface area contributed by atoms with E-state index in [0.29, 0.717) is 0 Å². The number of methoxy groups -OCH3 is 1. The SMILES string of the molecule is COc1ccc(-c2cc3c(s2)c2sc(-c4ccc(C=O)s4)cc2n3C(C)(C)C)cc1. The van der Waals surface area contributed by atoms with Crippen molar-refractivity contribution in [2.75, 3.05) is 7.11 Å². The summed E-state index contributed by atoms with van der Waals surface area (Å²) < 4.78 is 10.4. The van der Waals surface area contributed by atoms with Gasteiger partial charge in [-0.1, -0.05) is 0 Å². The number of carbonyl (C=O) groups is 1. The van der Waals surface area contributed by atoms with Crippen molar-refractivity contribution in [2.45, 2.75) is 26.3 Å². The Morgan fingerprint density at radius 3 is 2.03 bits per heavy atom. The summed E-state index contributed by atoms with van der Waals surface area (Å²) in [5.41, 5.74) is 3.72. The minimum Gasteiger partial charge on any atom is -0.497 e. The molecule has 0 saturated heterocycles. The number of hydrogen-bond donors (Lipinski definition) is 0. The molecule has 4 heterocycles. The number of aromatic nitrogens is 1. The van der Waals surface area contributed by atoms with E-state index in [1.54, 1.807) is 18.4 Å². The summed E-state index contributed by atoms with van der Waals surface area (Å²) in [5, 5.41) is 0. The lowest BCUT2D eigenvalue weighted by Gasteiger charge is -2.23. The molecule has 5 rings (SSSR count). The third-order valence-corrected chi connectivity index (χ3v) is 8.81. The maximum atomic E-state index is 11.1. The number of fused-ring (bicyclic) bond motifs is 3. The Hall–Kier alpha value is -2.41. The summed E-state index contributed by atoms with van der Waals surface area (Å²) in [6, 6.07) is 16.8. The molecule has 0 spiro atoms. The Morgan fingerprint density at radius 2 is 1.47 bits per heavy atom. The molecule has 0 fully saturated rings. The monoisotopic (exact) mass is 451 g/mol. The van der Waals surface area contributed by atoms with Crippen LogP contribution < -0.4 is 4.74 Å². The molecule has 0 saturated carbocycles. The van der Waals surface area contributed by atoms with Crippen molar-refractivity contribution < 1.29 is 9.53 Å². The van der Waals surface area contributed by atoms with Crippen LogP contribution in [0.1, 0.15) is 30.4 Å². The molecule has 0 bridgehead atoms. The molecule has 5 aromatic rings. The average molecular weight is 452 g/mol. The molecule has 0 aliphatic rings. The number of aldehydes is 1. The van der Waals surface area contributed by atoms with Crippen LogP contribution in [-0.4, -0.2) is 18.0 Å². The van der Waals surface area contributed by atoms with Gasteiger partial charge in [0, 0.05) is 20.2 Å². The van der Waals surface area contributed by atoms with E-state index in [1.807, 2.05) is 40.9 Å². The molecule has 0 unspecified atom stereocenters. The summed E-state index contributed by atoms with van der Waals surface area (Å²) in [6.45, 7) is 6.76. The second kappa shape index (κ2) is 7.08. The third-order valence-electron chi connectivity index (χ3n) is 5.14. The highest BCUT2D eigenvalue weighted by Gasteiger charge is 2.25. The van der Waals surface area contributed by atoms with Crippen LogP contribution in [0, 0.1) is 0 Å². The van der Waals surface area contributed by atoms with Crippen molar-refractivity contribution in [3.63, 3.8) is 0 Å². The Morgan fingerprint density at radius 1 is 0.833 bits per heavy atom. The highest BCUT2D eigenvalue weighted by molar-refractivity contribution is 7.31. The molecule has 0 aliphatic carbocycles. The predicted molar refractivity (Wildman–Crippen MR) is 131 cm³/mol. The van der Waals surface area contributed by atoms with Crippen molar-refractivity contribution >= 4 is 60.7 Å². The summed E-state index contributed by atoms with van der Waals surface area (Å²) in [4.78, 5) is 15.5. The molecule has 0 radical (unpaired) electrons. The zero-order valence-electron chi connectivity index (χ0n) is 17.2. The van der Waals surface area contributed by atoms with Gasteiger partial charge in [-0.15, -0.1) is 34.0 Å². The minimum absolute atomic E-state index is 0.0417. The van der Waals surface area contributed by atoms with Crippen LogP contribution in [-0.2, 0) is 5.54 Å². The molecule has 1 aromatic carbocycles. The smallest absolute Gasteiger partial charge is 0.160 e. The van der Waals surface area contributed by atoms with Crippen LogP contribution in [0.3, 0.4) is 0 Å². The van der Waals surface area contributed by atoms with E-state index >= 15 is 0 Å². The lowest BCUT2D eigenvalue weighted by molar-refractivity contribution is 0.112. The first-order valence-corrected chi connectivity index (χ1v) is 12.1. The van der Waals surface area contributed by atoms with Gasteiger partial charge in [-0.05, 0) is 74.9 Å². The number of hydrogen-bond acceptors (Lipinski definition) is 5. The van der Waals surface area contributed by atoms with E-state index in [-0.39, 0.29) is 5.54 Å². The van der Waals surface area contributed by atoms with Crippen LogP contribution in [0.15, 0.2) is 48.5 Å². The Kier molecular flexibility index (Phi) is 4.61. The number of benzene rings is 1. The molecule has 6 heteroatoms. The van der Waals surface area contributed by atoms with Crippen molar-refractivity contribution in [3.05, 3.63) is 53.4 Å². The van der Waals surface area contributed by atoms with Gasteiger partial charge in [0.1, 0.15) is 5.75 Å². The number of ether oxygens (including phenoxy) is 1. The fraction of sp³-hybridized carbons (Fsp3) is 0.208. The summed E-state index contributed by atoms with van der Waals surface area (Å²) >= 11 is 5.22. The largest absolute Gasteiger partial charge is 0.497 e. The summed E-state index contributed by atoms with van der Waals surface area (Å²) in [7, 11) is 1.69. The van der Waals surface area contributed by atoms with E-state index in [1.165, 1.54) is 35.8 Å². The molecular weight excluding hydrogens is 430 g/mol. The number of thiophene rings is 3. The van der Waals surface area contributed by atoms with E-state index in [2.05, 4.69) is 55.7 Å². The second-order valence-corrected chi connectivity index (χ2v) is 11.4. The van der Waals surface area contributed by atoms with Gasteiger partial charge in [-0.25, -0.2) is 0 Å². The maximum Gasteiger partial charge on any atom is 0.160 e. The van der Waals surface area contributed by atoms with Gasteiger partial charge >= 0.3 is 0 Å². The van der Waals surface area contributed by atoms with Crippen LogP contribution >= 0.6 is 34.0 Å². The van der Waals surface area contributed by atoms with Gasteiger partial charge in [0.05, 0.1) is 32.4 Å². The van der Waals surface area contributed by atoms with Crippen LogP contribution in [0.4, 0.5) is 0 Å². The van der Waals surface area contributed by atoms with Gasteiger partial charge in [-0.3, -0.25) is 4.79 Å². The van der Waals surface area contributed by atoms with Crippen molar-refractivity contribution in [1.82, 2.24) is 4.57 Å². The predicted octanol–water partition coefficient (Wildman–Crippen LogP) is 7.89. The van der Waals surface area contributed by atoms with E-state index in [9.17, 15) is 4.79 Å². The quantitative estimate of drug-likeness (QED) is 0.260. The highest BCUT2D eigenvalue weighted by Crippen LogP contribution is 2.47. The minimum atomic E-state index is -0.0417. The van der Waals surface area contributed by atoms with Crippen molar-refractivity contribution in [3.8, 4) is 25.9 Å². The summed E-state index contributed by atoms with van der Waals surface area (Å²) in [5.74, 6) is 0.870. The van der Waals surface area contributed by atoms with Gasteiger partial charge in [0.15, 0.2) is 6.29 Å². The van der Waals surface area contributed by atoms with Crippen molar-refractivity contribution in [2.24, 2.45) is 0 Å².